The average molecular weight is 454 g/mol. The molecule has 2 aromatic rings. The molecule has 4 heterocycles. The number of fused-ring (bicyclic) bond motifs is 1. The summed E-state index contributed by atoms with van der Waals surface area (Å²) in [7, 11) is 0. The number of pyridine rings is 2. The van der Waals surface area contributed by atoms with Gasteiger partial charge in [-0.1, -0.05) is 13.8 Å². The summed E-state index contributed by atoms with van der Waals surface area (Å²) in [6.45, 7) is 6.79. The monoisotopic (exact) mass is 453 g/mol. The molecule has 1 amide bonds. The number of aromatic nitrogens is 2. The first-order valence-corrected chi connectivity index (χ1v) is 11.8. The zero-order chi connectivity index (χ0) is 23.8. The molecular formula is C25H32FN5O2. The highest BCUT2D eigenvalue weighted by molar-refractivity contribution is 5.94. The van der Waals surface area contributed by atoms with Crippen LogP contribution in [0.3, 0.4) is 0 Å². The second-order valence-corrected chi connectivity index (χ2v) is 9.49. The van der Waals surface area contributed by atoms with Crippen LogP contribution in [0.5, 0.6) is 0 Å². The van der Waals surface area contributed by atoms with Gasteiger partial charge in [0.1, 0.15) is 17.0 Å². The molecule has 0 aromatic carbocycles. The predicted molar refractivity (Wildman–Crippen MR) is 125 cm³/mol. The topological polar surface area (TPSA) is 82.3 Å². The van der Waals surface area contributed by atoms with Gasteiger partial charge >= 0.3 is 0 Å². The van der Waals surface area contributed by atoms with Crippen molar-refractivity contribution >= 4 is 23.3 Å². The summed E-state index contributed by atoms with van der Waals surface area (Å²) in [6, 6.07) is 5.40. The van der Waals surface area contributed by atoms with Crippen molar-refractivity contribution in [1.82, 2.24) is 14.5 Å². The number of carbonyl (C=O) groups is 2. The van der Waals surface area contributed by atoms with Crippen molar-refractivity contribution in [3.63, 3.8) is 0 Å². The van der Waals surface area contributed by atoms with Crippen LogP contribution in [-0.4, -0.2) is 51.6 Å². The number of carbonyl (C=O) groups excluding carboxylic acids is 2. The van der Waals surface area contributed by atoms with Crippen molar-refractivity contribution < 1.29 is 14.0 Å². The van der Waals surface area contributed by atoms with E-state index in [1.165, 1.54) is 4.57 Å². The Balaban J connectivity index is 1.59. The number of piperidine rings is 1. The Morgan fingerprint density at radius 2 is 2.06 bits per heavy atom. The summed E-state index contributed by atoms with van der Waals surface area (Å²) in [6.07, 6.45) is 6.77. The second kappa shape index (κ2) is 9.08. The first-order valence-electron chi connectivity index (χ1n) is 11.8. The summed E-state index contributed by atoms with van der Waals surface area (Å²) >= 11 is 0. The molecule has 0 bridgehead atoms. The van der Waals surface area contributed by atoms with Crippen LogP contribution in [0.1, 0.15) is 67.2 Å². The van der Waals surface area contributed by atoms with Gasteiger partial charge in [-0.3, -0.25) is 19.6 Å². The van der Waals surface area contributed by atoms with Gasteiger partial charge in [-0.25, -0.2) is 9.37 Å². The lowest BCUT2D eigenvalue weighted by molar-refractivity contribution is 0.0417. The molecule has 2 atom stereocenters. The highest BCUT2D eigenvalue weighted by atomic mass is 19.1. The van der Waals surface area contributed by atoms with Crippen LogP contribution in [0.2, 0.25) is 0 Å². The number of hydrogen-bond acceptors (Lipinski definition) is 5. The summed E-state index contributed by atoms with van der Waals surface area (Å²) in [5, 5.41) is 8.36. The fourth-order valence-corrected chi connectivity index (χ4v) is 4.64. The fraction of sp³-hybridized carbons (Fsp3) is 0.520. The van der Waals surface area contributed by atoms with E-state index in [1.54, 1.807) is 30.3 Å². The Hall–Kier alpha value is -3.03. The maximum Gasteiger partial charge on any atom is 0.255 e. The number of hydrogen-bond donors (Lipinski definition) is 1. The third kappa shape index (κ3) is 4.70. The molecule has 176 valence electrons. The largest absolute Gasteiger partial charge is 0.335 e. The van der Waals surface area contributed by atoms with E-state index in [4.69, 9.17) is 5.41 Å². The van der Waals surface area contributed by atoms with Crippen LogP contribution in [0.25, 0.3) is 0 Å². The van der Waals surface area contributed by atoms with Gasteiger partial charge in [-0.05, 0) is 56.7 Å². The molecule has 7 nitrogen and oxygen atoms in total. The average Bonchev–Trinajstić information content (AvgIpc) is 2.81. The van der Waals surface area contributed by atoms with Gasteiger partial charge in [0, 0.05) is 43.2 Å². The number of amides is 1. The lowest BCUT2D eigenvalue weighted by Gasteiger charge is -2.35. The smallest absolute Gasteiger partial charge is 0.255 e. The minimum Gasteiger partial charge on any atom is -0.335 e. The number of nitrogens with one attached hydrogen (secondary N) is 1. The molecule has 1 N–H and O–H groups in total. The summed E-state index contributed by atoms with van der Waals surface area (Å²) < 4.78 is 15.8. The number of nitrogens with zero attached hydrogens (tertiary/aromatic N) is 4. The molecule has 2 aromatic heterocycles. The van der Waals surface area contributed by atoms with E-state index in [0.29, 0.717) is 24.9 Å². The van der Waals surface area contributed by atoms with E-state index in [1.807, 2.05) is 30.9 Å². The van der Waals surface area contributed by atoms with Crippen LogP contribution in [-0.2, 0) is 6.42 Å². The van der Waals surface area contributed by atoms with Crippen molar-refractivity contribution in [3.05, 3.63) is 47.2 Å². The van der Waals surface area contributed by atoms with Gasteiger partial charge in [0.15, 0.2) is 0 Å². The maximum absolute atomic E-state index is 14.4. The Morgan fingerprint density at radius 1 is 1.27 bits per heavy atom. The number of alkyl halides is 1. The number of rotatable bonds is 4. The van der Waals surface area contributed by atoms with Crippen molar-refractivity contribution in [3.8, 4) is 0 Å². The lowest BCUT2D eigenvalue weighted by Crippen LogP contribution is -2.46. The standard InChI is InChI=1S/C25H32FN5O2/c1-4-17(2)23(32)31-12-8-20(14-21(31)27)30-11-5-7-18-13-19(15-28-22(18)30)24(33)29-10-6-9-25(3,26)16-29/h8,12-15,17,27H,4-7,9-11,16H2,1-3H3. The van der Waals surface area contributed by atoms with Crippen LogP contribution >= 0.6 is 0 Å². The molecule has 33 heavy (non-hydrogen) atoms. The molecule has 4 rings (SSSR count). The van der Waals surface area contributed by atoms with Gasteiger partial charge in [-0.15, -0.1) is 0 Å². The van der Waals surface area contributed by atoms with Crippen LogP contribution in [0, 0.1) is 11.3 Å². The third-order valence-electron chi connectivity index (χ3n) is 6.73. The molecule has 2 aliphatic rings. The quantitative estimate of drug-likeness (QED) is 0.756. The van der Waals surface area contributed by atoms with Crippen molar-refractivity contribution in [2.24, 2.45) is 5.92 Å². The molecule has 1 fully saturated rings. The lowest BCUT2D eigenvalue weighted by atomic mass is 9.96. The number of anilines is 2. The molecule has 2 aliphatic heterocycles. The minimum atomic E-state index is -1.35. The SMILES string of the molecule is CCC(C)C(=O)n1ccc(N2CCCc3cc(C(=O)N4CCCC(C)(F)C4)cnc32)cc1=N. The van der Waals surface area contributed by atoms with E-state index < -0.39 is 5.67 Å². The molecule has 0 saturated carbocycles. The Bertz CT molecular complexity index is 1130. The van der Waals surface area contributed by atoms with Gasteiger partial charge in [0.25, 0.3) is 5.91 Å². The van der Waals surface area contributed by atoms with Crippen LogP contribution < -0.4 is 10.4 Å². The van der Waals surface area contributed by atoms with Gasteiger partial charge in [-0.2, -0.15) is 0 Å². The number of likely N-dealkylation sites (tertiary alicyclic amines) is 1. The summed E-state index contributed by atoms with van der Waals surface area (Å²) in [5.74, 6) is 0.353. The van der Waals surface area contributed by atoms with Gasteiger partial charge in [0.05, 0.1) is 12.1 Å². The molecule has 2 unspecified atom stereocenters. The van der Waals surface area contributed by atoms with Gasteiger partial charge < -0.3 is 9.80 Å². The Labute approximate surface area is 193 Å². The fourth-order valence-electron chi connectivity index (χ4n) is 4.64. The summed E-state index contributed by atoms with van der Waals surface area (Å²) in [5.41, 5.74) is 1.03. The number of aryl methyl sites for hydroxylation is 1. The van der Waals surface area contributed by atoms with Crippen molar-refractivity contribution in [1.29, 1.82) is 5.41 Å². The molecular weight excluding hydrogens is 421 g/mol. The van der Waals surface area contributed by atoms with E-state index in [0.717, 1.165) is 42.9 Å². The summed E-state index contributed by atoms with van der Waals surface area (Å²) in [4.78, 5) is 33.7. The van der Waals surface area contributed by atoms with Crippen molar-refractivity contribution in [2.75, 3.05) is 24.5 Å². The zero-order valence-corrected chi connectivity index (χ0v) is 19.6. The Morgan fingerprint density at radius 3 is 2.76 bits per heavy atom. The first kappa shape index (κ1) is 23.1. The van der Waals surface area contributed by atoms with Crippen LogP contribution in [0.15, 0.2) is 30.6 Å². The van der Waals surface area contributed by atoms with E-state index in [2.05, 4.69) is 4.98 Å². The highest BCUT2D eigenvalue weighted by Crippen LogP contribution is 2.32. The molecule has 8 heteroatoms. The van der Waals surface area contributed by atoms with Gasteiger partial charge in [0.2, 0.25) is 5.91 Å². The maximum atomic E-state index is 14.4. The third-order valence-corrected chi connectivity index (χ3v) is 6.73. The minimum absolute atomic E-state index is 0.0866. The predicted octanol–water partition coefficient (Wildman–Crippen LogP) is 4.10. The zero-order valence-electron chi connectivity index (χ0n) is 19.6. The first-order chi connectivity index (χ1) is 15.7. The van der Waals surface area contributed by atoms with Crippen LogP contribution in [0.4, 0.5) is 15.9 Å². The molecule has 0 radical (unpaired) electrons. The van der Waals surface area contributed by atoms with E-state index >= 15 is 0 Å². The molecule has 1 saturated heterocycles. The molecule has 0 spiro atoms. The molecule has 0 aliphatic carbocycles. The second-order valence-electron chi connectivity index (χ2n) is 9.49. The Kier molecular flexibility index (Phi) is 6.36. The normalized spacial score (nSPS) is 21.5. The highest BCUT2D eigenvalue weighted by Gasteiger charge is 2.33. The van der Waals surface area contributed by atoms with E-state index in [9.17, 15) is 14.0 Å². The van der Waals surface area contributed by atoms with E-state index in [-0.39, 0.29) is 29.8 Å². The van der Waals surface area contributed by atoms with Crippen molar-refractivity contribution in [2.45, 2.75) is 58.5 Å². The number of halogens is 1.